The highest BCUT2D eigenvalue weighted by molar-refractivity contribution is 7.89. The van der Waals surface area contributed by atoms with Gasteiger partial charge in [-0.25, -0.2) is 12.8 Å². The number of benzene rings is 1. The van der Waals surface area contributed by atoms with Gasteiger partial charge in [0.2, 0.25) is 10.0 Å². The molecule has 0 unspecified atom stereocenters. The minimum absolute atomic E-state index is 0.000172. The molecule has 9 heteroatoms. The molecule has 1 aliphatic carbocycles. The maximum absolute atomic E-state index is 14.8. The van der Waals surface area contributed by atoms with Crippen LogP contribution >= 0.6 is 0 Å². The Morgan fingerprint density at radius 3 is 2.47 bits per heavy atom. The summed E-state index contributed by atoms with van der Waals surface area (Å²) in [5.41, 5.74) is 0.786. The molecule has 1 aliphatic heterocycles. The van der Waals surface area contributed by atoms with Crippen molar-refractivity contribution < 1.29 is 22.0 Å². The zero-order chi connectivity index (χ0) is 22.9. The molecule has 0 radical (unpaired) electrons. The van der Waals surface area contributed by atoms with Crippen molar-refractivity contribution in [2.45, 2.75) is 62.8 Å². The first-order valence-corrected chi connectivity index (χ1v) is 12.7. The first-order valence-electron chi connectivity index (χ1n) is 11.2. The van der Waals surface area contributed by atoms with E-state index in [1.54, 1.807) is 12.1 Å². The van der Waals surface area contributed by atoms with Crippen molar-refractivity contribution in [1.29, 1.82) is 0 Å². The molecule has 1 saturated carbocycles. The lowest BCUT2D eigenvalue weighted by Crippen LogP contribution is -2.33. The van der Waals surface area contributed by atoms with Gasteiger partial charge in [-0.2, -0.15) is 4.31 Å². The number of sulfonamides is 1. The minimum atomic E-state index is -3.69. The van der Waals surface area contributed by atoms with E-state index in [1.807, 2.05) is 11.9 Å². The third-order valence-corrected chi connectivity index (χ3v) is 8.49. The number of hydrogen-bond acceptors (Lipinski definition) is 5. The van der Waals surface area contributed by atoms with Gasteiger partial charge in [-0.1, -0.05) is 19.3 Å². The highest BCUT2D eigenvalue weighted by Crippen LogP contribution is 2.30. The summed E-state index contributed by atoms with van der Waals surface area (Å²) in [5, 5.41) is 2.61. The van der Waals surface area contributed by atoms with Gasteiger partial charge in [0.15, 0.2) is 5.76 Å². The number of furan rings is 1. The van der Waals surface area contributed by atoms with Crippen LogP contribution in [0.2, 0.25) is 0 Å². The van der Waals surface area contributed by atoms with E-state index in [1.165, 1.54) is 29.8 Å². The van der Waals surface area contributed by atoms with E-state index in [0.717, 1.165) is 38.5 Å². The maximum atomic E-state index is 14.8. The summed E-state index contributed by atoms with van der Waals surface area (Å²) < 4.78 is 47.3. The van der Waals surface area contributed by atoms with E-state index in [-0.39, 0.29) is 22.1 Å². The smallest absolute Gasteiger partial charge is 0.291 e. The van der Waals surface area contributed by atoms with Gasteiger partial charge in [-0.05, 0) is 50.8 Å². The van der Waals surface area contributed by atoms with Crippen LogP contribution in [-0.4, -0.2) is 44.8 Å². The summed E-state index contributed by atoms with van der Waals surface area (Å²) in [6, 6.07) is 6.16. The third kappa shape index (κ3) is 4.54. The quantitative estimate of drug-likeness (QED) is 0.680. The lowest BCUT2D eigenvalue weighted by atomic mass is 9.94. The monoisotopic (exact) mass is 463 g/mol. The molecule has 174 valence electrons. The number of aryl methyl sites for hydroxylation is 1. The Balaban J connectivity index is 1.48. The predicted molar refractivity (Wildman–Crippen MR) is 121 cm³/mol. The number of carbonyl (C=O) groups excluding carboxylic acids is 1. The maximum Gasteiger partial charge on any atom is 0.291 e. The largest absolute Gasteiger partial charge is 0.455 e. The van der Waals surface area contributed by atoms with E-state index >= 15 is 0 Å². The number of halogens is 1. The predicted octanol–water partition coefficient (Wildman–Crippen LogP) is 4.53. The van der Waals surface area contributed by atoms with E-state index in [2.05, 4.69) is 5.32 Å². The first kappa shape index (κ1) is 22.8. The molecule has 1 amide bonds. The number of anilines is 2. The Bertz CT molecular complexity index is 1090. The van der Waals surface area contributed by atoms with Crippen molar-refractivity contribution in [2.24, 2.45) is 0 Å². The molecule has 0 atom stereocenters. The fourth-order valence-electron chi connectivity index (χ4n) is 4.63. The second-order valence-electron chi connectivity index (χ2n) is 8.67. The van der Waals surface area contributed by atoms with Crippen LogP contribution in [0.1, 0.15) is 61.3 Å². The number of rotatable bonds is 6. The van der Waals surface area contributed by atoms with Crippen LogP contribution in [0.15, 0.2) is 33.6 Å². The van der Waals surface area contributed by atoms with Crippen molar-refractivity contribution in [1.82, 2.24) is 4.31 Å². The molecule has 1 aromatic carbocycles. The van der Waals surface area contributed by atoms with Crippen LogP contribution in [0.4, 0.5) is 15.8 Å². The molecule has 2 fully saturated rings. The topological polar surface area (TPSA) is 82.9 Å². The van der Waals surface area contributed by atoms with Crippen molar-refractivity contribution in [2.75, 3.05) is 30.4 Å². The molecule has 1 aromatic heterocycles. The molecule has 2 aliphatic rings. The number of nitrogens with zero attached hydrogens (tertiary/aromatic N) is 2. The van der Waals surface area contributed by atoms with Crippen LogP contribution in [0.5, 0.6) is 0 Å². The zero-order valence-electron chi connectivity index (χ0n) is 18.6. The van der Waals surface area contributed by atoms with E-state index in [0.29, 0.717) is 24.8 Å². The van der Waals surface area contributed by atoms with E-state index < -0.39 is 21.7 Å². The summed E-state index contributed by atoms with van der Waals surface area (Å²) >= 11 is 0. The van der Waals surface area contributed by atoms with Crippen LogP contribution in [0, 0.1) is 12.7 Å². The fraction of sp³-hybridized carbons (Fsp3) is 0.522. The number of nitrogens with one attached hydrogen (secondary N) is 1. The molecule has 1 saturated heterocycles. The Hall–Kier alpha value is -2.39. The molecule has 0 spiro atoms. The SMILES string of the molecule is Cc1oc(C(=O)Nc2ccc(N(C)C3CCCCC3)c(F)c2)cc1S(=O)(=O)N1CCCC1. The van der Waals surface area contributed by atoms with Crippen LogP contribution in [-0.2, 0) is 10.0 Å². The van der Waals surface area contributed by atoms with Gasteiger partial charge < -0.3 is 14.6 Å². The summed E-state index contributed by atoms with van der Waals surface area (Å²) in [4.78, 5) is 14.6. The van der Waals surface area contributed by atoms with Crippen LogP contribution in [0.3, 0.4) is 0 Å². The standard InChI is InChI=1S/C23H30FN3O4S/c1-16-22(32(29,30)27-12-6-7-13-27)15-21(31-16)23(28)25-17-10-11-20(19(24)14-17)26(2)18-8-4-3-5-9-18/h10-11,14-15,18H,3-9,12-13H2,1-2H3,(H,25,28). The number of hydrogen-bond donors (Lipinski definition) is 1. The molecule has 2 aromatic rings. The second kappa shape index (κ2) is 9.23. The highest BCUT2D eigenvalue weighted by Gasteiger charge is 2.32. The van der Waals surface area contributed by atoms with Crippen molar-refractivity contribution in [3.8, 4) is 0 Å². The molecule has 7 nitrogen and oxygen atoms in total. The molecule has 32 heavy (non-hydrogen) atoms. The van der Waals surface area contributed by atoms with Gasteiger partial charge in [-0.3, -0.25) is 4.79 Å². The van der Waals surface area contributed by atoms with Crippen molar-refractivity contribution >= 4 is 27.3 Å². The summed E-state index contributed by atoms with van der Waals surface area (Å²) in [6.07, 6.45) is 7.28. The summed E-state index contributed by atoms with van der Waals surface area (Å²) in [5.74, 6) is -0.991. The average Bonchev–Trinajstić information content (AvgIpc) is 3.45. The lowest BCUT2D eigenvalue weighted by Gasteiger charge is -2.33. The highest BCUT2D eigenvalue weighted by atomic mass is 32.2. The van der Waals surface area contributed by atoms with Gasteiger partial charge in [0.05, 0.1) is 5.69 Å². The molecule has 2 heterocycles. The van der Waals surface area contributed by atoms with E-state index in [4.69, 9.17) is 4.42 Å². The van der Waals surface area contributed by atoms with E-state index in [9.17, 15) is 17.6 Å². The van der Waals surface area contributed by atoms with Crippen molar-refractivity contribution in [3.05, 3.63) is 41.6 Å². The number of carbonyl (C=O) groups is 1. The zero-order valence-corrected chi connectivity index (χ0v) is 19.4. The second-order valence-corrected chi connectivity index (χ2v) is 10.6. The van der Waals surface area contributed by atoms with Gasteiger partial charge >= 0.3 is 0 Å². The summed E-state index contributed by atoms with van der Waals surface area (Å²) in [7, 11) is -1.79. The number of amides is 1. The Morgan fingerprint density at radius 2 is 1.81 bits per heavy atom. The normalized spacial score (nSPS) is 18.1. The van der Waals surface area contributed by atoms with Gasteiger partial charge in [0, 0.05) is 37.9 Å². The first-order chi connectivity index (χ1) is 15.3. The van der Waals surface area contributed by atoms with Gasteiger partial charge in [0.1, 0.15) is 16.5 Å². The molecule has 0 bridgehead atoms. The molecule has 4 rings (SSSR count). The van der Waals surface area contributed by atoms with Crippen molar-refractivity contribution in [3.63, 3.8) is 0 Å². The summed E-state index contributed by atoms with van der Waals surface area (Å²) in [6.45, 7) is 2.46. The lowest BCUT2D eigenvalue weighted by molar-refractivity contribution is 0.0995. The molecular formula is C23H30FN3O4S. The fourth-order valence-corrected chi connectivity index (χ4v) is 6.31. The minimum Gasteiger partial charge on any atom is -0.455 e. The van der Waals surface area contributed by atoms with Gasteiger partial charge in [0.25, 0.3) is 5.91 Å². The van der Waals surface area contributed by atoms with Crippen LogP contribution in [0.25, 0.3) is 0 Å². The Morgan fingerprint density at radius 1 is 1.12 bits per heavy atom. The third-order valence-electron chi connectivity index (χ3n) is 6.49. The average molecular weight is 464 g/mol. The Kier molecular flexibility index (Phi) is 6.57. The Labute approximate surface area is 188 Å². The van der Waals surface area contributed by atoms with Crippen LogP contribution < -0.4 is 10.2 Å². The molecule has 1 N–H and O–H groups in total. The van der Waals surface area contributed by atoms with Gasteiger partial charge in [-0.15, -0.1) is 0 Å². The molecular weight excluding hydrogens is 433 g/mol.